The summed E-state index contributed by atoms with van der Waals surface area (Å²) in [5, 5.41) is 0. The Kier molecular flexibility index (Phi) is 4.82. The molecule has 4 heteroatoms. The molecule has 23 heavy (non-hydrogen) atoms. The first-order valence-electron chi connectivity index (χ1n) is 8.22. The van der Waals surface area contributed by atoms with Crippen molar-refractivity contribution < 1.29 is 9.21 Å². The maximum Gasteiger partial charge on any atom is 0.257 e. The molecule has 0 aliphatic carbocycles. The maximum atomic E-state index is 12.7. The lowest BCUT2D eigenvalue weighted by Gasteiger charge is -2.36. The smallest absolute Gasteiger partial charge is 0.257 e. The van der Waals surface area contributed by atoms with Crippen LogP contribution in [0.15, 0.2) is 47.3 Å². The summed E-state index contributed by atoms with van der Waals surface area (Å²) in [6.07, 6.45) is 6.35. The number of carbonyl (C=O) groups excluding carboxylic acids is 1. The molecule has 1 aliphatic rings. The van der Waals surface area contributed by atoms with Crippen LogP contribution < -0.4 is 0 Å². The highest BCUT2D eigenvalue weighted by Gasteiger charge is 2.29. The molecule has 1 amide bonds. The summed E-state index contributed by atoms with van der Waals surface area (Å²) >= 11 is 0. The summed E-state index contributed by atoms with van der Waals surface area (Å²) in [7, 11) is 4.14. The Labute approximate surface area is 137 Å². The summed E-state index contributed by atoms with van der Waals surface area (Å²) in [6, 6.07) is 10.6. The van der Waals surface area contributed by atoms with Crippen LogP contribution in [-0.4, -0.2) is 36.3 Å². The van der Waals surface area contributed by atoms with Crippen molar-refractivity contribution in [2.45, 2.75) is 31.8 Å². The topological polar surface area (TPSA) is 36.7 Å². The van der Waals surface area contributed by atoms with E-state index in [-0.39, 0.29) is 11.9 Å². The van der Waals surface area contributed by atoms with Gasteiger partial charge in [0.1, 0.15) is 6.26 Å². The fourth-order valence-corrected chi connectivity index (χ4v) is 3.28. The van der Waals surface area contributed by atoms with E-state index in [9.17, 15) is 4.79 Å². The molecule has 0 N–H and O–H groups in total. The number of piperidine rings is 1. The standard InChI is InChI=1S/C19H24N2O2/c1-20(2)13-15-6-8-16(9-7-15)18-5-3-4-11-21(18)19(22)17-10-12-23-14-17/h6-10,12,14,18H,3-5,11,13H2,1-2H3. The molecule has 0 spiro atoms. The molecule has 1 aromatic carbocycles. The van der Waals surface area contributed by atoms with E-state index in [1.807, 2.05) is 4.90 Å². The Morgan fingerprint density at radius 1 is 1.22 bits per heavy atom. The third kappa shape index (κ3) is 3.64. The van der Waals surface area contributed by atoms with Gasteiger partial charge in [0.2, 0.25) is 0 Å². The molecule has 0 radical (unpaired) electrons. The largest absolute Gasteiger partial charge is 0.472 e. The van der Waals surface area contributed by atoms with Crippen LogP contribution in [0.2, 0.25) is 0 Å². The average molecular weight is 312 g/mol. The van der Waals surface area contributed by atoms with Crippen LogP contribution in [0.25, 0.3) is 0 Å². The molecule has 122 valence electrons. The van der Waals surface area contributed by atoms with Crippen LogP contribution in [0.5, 0.6) is 0 Å². The Morgan fingerprint density at radius 2 is 2.00 bits per heavy atom. The minimum absolute atomic E-state index is 0.0702. The van der Waals surface area contributed by atoms with E-state index in [1.54, 1.807) is 12.3 Å². The van der Waals surface area contributed by atoms with Crippen LogP contribution in [0.3, 0.4) is 0 Å². The Bertz CT molecular complexity index is 632. The number of furan rings is 1. The summed E-state index contributed by atoms with van der Waals surface area (Å²) in [5.74, 6) is 0.0702. The number of nitrogens with zero attached hydrogens (tertiary/aromatic N) is 2. The number of likely N-dealkylation sites (tertiary alicyclic amines) is 1. The second kappa shape index (κ2) is 7.01. The zero-order chi connectivity index (χ0) is 16.2. The van der Waals surface area contributed by atoms with Crippen molar-refractivity contribution in [2.24, 2.45) is 0 Å². The fraction of sp³-hybridized carbons (Fsp3) is 0.421. The summed E-state index contributed by atoms with van der Waals surface area (Å²) in [5.41, 5.74) is 3.16. The average Bonchev–Trinajstić information content (AvgIpc) is 3.09. The minimum atomic E-state index is 0.0702. The van der Waals surface area contributed by atoms with Gasteiger partial charge in [0.25, 0.3) is 5.91 Å². The van der Waals surface area contributed by atoms with E-state index < -0.39 is 0 Å². The van der Waals surface area contributed by atoms with E-state index in [0.29, 0.717) is 5.56 Å². The molecule has 0 bridgehead atoms. The van der Waals surface area contributed by atoms with Crippen molar-refractivity contribution in [1.82, 2.24) is 9.80 Å². The molecule has 2 heterocycles. The van der Waals surface area contributed by atoms with Gasteiger partial charge < -0.3 is 14.2 Å². The molecule has 1 saturated heterocycles. The Hall–Kier alpha value is -2.07. The molecular weight excluding hydrogens is 288 g/mol. The van der Waals surface area contributed by atoms with Gasteiger partial charge in [-0.3, -0.25) is 4.79 Å². The number of amides is 1. The highest BCUT2D eigenvalue weighted by Crippen LogP contribution is 2.32. The summed E-state index contributed by atoms with van der Waals surface area (Å²) in [6.45, 7) is 1.75. The molecule has 0 saturated carbocycles. The quantitative estimate of drug-likeness (QED) is 0.863. The lowest BCUT2D eigenvalue weighted by atomic mass is 9.94. The van der Waals surface area contributed by atoms with E-state index in [0.717, 1.165) is 25.9 Å². The van der Waals surface area contributed by atoms with Crippen LogP contribution in [0, 0.1) is 0 Å². The second-order valence-corrected chi connectivity index (χ2v) is 6.50. The first-order chi connectivity index (χ1) is 11.1. The van der Waals surface area contributed by atoms with Crippen LogP contribution in [-0.2, 0) is 6.54 Å². The van der Waals surface area contributed by atoms with Crippen LogP contribution in [0.4, 0.5) is 0 Å². The highest BCUT2D eigenvalue weighted by atomic mass is 16.3. The molecule has 1 atom stereocenters. The Balaban J connectivity index is 1.79. The van der Waals surface area contributed by atoms with Crippen LogP contribution in [0.1, 0.15) is 46.8 Å². The predicted molar refractivity (Wildman–Crippen MR) is 90.2 cm³/mol. The summed E-state index contributed by atoms with van der Waals surface area (Å²) < 4.78 is 5.07. The number of rotatable bonds is 4. The molecule has 1 aromatic heterocycles. The van der Waals surface area contributed by atoms with Gasteiger partial charge in [-0.1, -0.05) is 24.3 Å². The molecule has 1 fully saturated rings. The second-order valence-electron chi connectivity index (χ2n) is 6.50. The van der Waals surface area contributed by atoms with E-state index >= 15 is 0 Å². The SMILES string of the molecule is CN(C)Cc1ccc(C2CCCCN2C(=O)c2ccoc2)cc1. The van der Waals surface area contributed by atoms with Gasteiger partial charge in [-0.15, -0.1) is 0 Å². The molecule has 2 aromatic rings. The van der Waals surface area contributed by atoms with Crippen molar-refractivity contribution in [3.05, 3.63) is 59.5 Å². The van der Waals surface area contributed by atoms with Gasteiger partial charge in [-0.2, -0.15) is 0 Å². The lowest BCUT2D eigenvalue weighted by Crippen LogP contribution is -2.38. The van der Waals surface area contributed by atoms with Gasteiger partial charge in [-0.05, 0) is 50.6 Å². The number of carbonyl (C=O) groups is 1. The van der Waals surface area contributed by atoms with Crippen molar-refractivity contribution in [1.29, 1.82) is 0 Å². The van der Waals surface area contributed by atoms with Gasteiger partial charge in [0.15, 0.2) is 0 Å². The molecule has 1 aliphatic heterocycles. The Morgan fingerprint density at radius 3 is 2.65 bits per heavy atom. The molecule has 1 unspecified atom stereocenters. The molecule has 4 nitrogen and oxygen atoms in total. The third-order valence-electron chi connectivity index (χ3n) is 4.40. The van der Waals surface area contributed by atoms with Gasteiger partial charge in [0, 0.05) is 13.1 Å². The van der Waals surface area contributed by atoms with Gasteiger partial charge >= 0.3 is 0 Å². The van der Waals surface area contributed by atoms with Crippen molar-refractivity contribution in [3.8, 4) is 0 Å². The monoisotopic (exact) mass is 312 g/mol. The summed E-state index contributed by atoms with van der Waals surface area (Å²) in [4.78, 5) is 16.9. The molecule has 3 rings (SSSR count). The predicted octanol–water partition coefficient (Wildman–Crippen LogP) is 3.71. The fourth-order valence-electron chi connectivity index (χ4n) is 3.28. The molecular formula is C19H24N2O2. The number of hydrogen-bond acceptors (Lipinski definition) is 3. The van der Waals surface area contributed by atoms with Crippen molar-refractivity contribution in [2.75, 3.05) is 20.6 Å². The van der Waals surface area contributed by atoms with Crippen LogP contribution >= 0.6 is 0 Å². The first-order valence-corrected chi connectivity index (χ1v) is 8.22. The van der Waals surface area contributed by atoms with E-state index in [4.69, 9.17) is 4.42 Å². The van der Waals surface area contributed by atoms with Crippen molar-refractivity contribution >= 4 is 5.91 Å². The first kappa shape index (κ1) is 15.8. The highest BCUT2D eigenvalue weighted by molar-refractivity contribution is 5.94. The lowest BCUT2D eigenvalue weighted by molar-refractivity contribution is 0.0611. The number of hydrogen-bond donors (Lipinski definition) is 0. The zero-order valence-corrected chi connectivity index (χ0v) is 13.9. The van der Waals surface area contributed by atoms with Gasteiger partial charge in [0.05, 0.1) is 17.9 Å². The van der Waals surface area contributed by atoms with Crippen molar-refractivity contribution in [3.63, 3.8) is 0 Å². The maximum absolute atomic E-state index is 12.7. The third-order valence-corrected chi connectivity index (χ3v) is 4.40. The van der Waals surface area contributed by atoms with E-state index in [1.165, 1.54) is 23.8 Å². The zero-order valence-electron chi connectivity index (χ0n) is 13.9. The minimum Gasteiger partial charge on any atom is -0.472 e. The number of benzene rings is 1. The normalized spacial score (nSPS) is 18.4. The van der Waals surface area contributed by atoms with E-state index in [2.05, 4.69) is 43.3 Å². The van der Waals surface area contributed by atoms with Gasteiger partial charge in [-0.25, -0.2) is 0 Å².